The molecule has 0 saturated carbocycles. The summed E-state index contributed by atoms with van der Waals surface area (Å²) in [5.41, 5.74) is 7.37. The van der Waals surface area contributed by atoms with Crippen molar-refractivity contribution in [3.63, 3.8) is 0 Å². The van der Waals surface area contributed by atoms with E-state index in [1.165, 1.54) is 6.20 Å². The summed E-state index contributed by atoms with van der Waals surface area (Å²) in [6, 6.07) is 3.62. The van der Waals surface area contributed by atoms with Gasteiger partial charge >= 0.3 is 0 Å². The van der Waals surface area contributed by atoms with Crippen LogP contribution >= 0.6 is 0 Å². The van der Waals surface area contributed by atoms with Crippen molar-refractivity contribution in [2.75, 3.05) is 6.61 Å². The molecule has 1 atom stereocenters. The van der Waals surface area contributed by atoms with Gasteiger partial charge in [-0.05, 0) is 31.4 Å². The van der Waals surface area contributed by atoms with Gasteiger partial charge < -0.3 is 10.5 Å². The highest BCUT2D eigenvalue weighted by molar-refractivity contribution is 5.93. The van der Waals surface area contributed by atoms with Gasteiger partial charge in [0.2, 0.25) is 5.91 Å². The number of carbonyl (C=O) groups is 1. The first-order valence-electron chi connectivity index (χ1n) is 6.66. The average Bonchev–Trinajstić information content (AvgIpc) is 2.98. The Labute approximate surface area is 116 Å². The Kier molecular flexibility index (Phi) is 3.47. The molecule has 0 aromatic carbocycles. The fourth-order valence-electron chi connectivity index (χ4n) is 2.40. The van der Waals surface area contributed by atoms with Gasteiger partial charge in [-0.25, -0.2) is 4.68 Å². The van der Waals surface area contributed by atoms with E-state index in [2.05, 4.69) is 10.1 Å². The van der Waals surface area contributed by atoms with E-state index in [1.54, 1.807) is 18.5 Å². The predicted molar refractivity (Wildman–Crippen MR) is 72.8 cm³/mol. The van der Waals surface area contributed by atoms with Crippen LogP contribution in [0.2, 0.25) is 0 Å². The van der Waals surface area contributed by atoms with Gasteiger partial charge in [-0.3, -0.25) is 9.78 Å². The molecular formula is C14H16N4O2. The normalized spacial score (nSPS) is 18.9. The van der Waals surface area contributed by atoms with E-state index in [0.29, 0.717) is 5.56 Å². The van der Waals surface area contributed by atoms with Crippen molar-refractivity contribution >= 4 is 5.91 Å². The summed E-state index contributed by atoms with van der Waals surface area (Å²) >= 11 is 0. The fraction of sp³-hybridized carbons (Fsp3) is 0.357. The molecule has 3 rings (SSSR count). The third kappa shape index (κ3) is 2.42. The molecule has 0 radical (unpaired) electrons. The second-order valence-electron chi connectivity index (χ2n) is 4.81. The summed E-state index contributed by atoms with van der Waals surface area (Å²) in [5.74, 6) is -0.487. The molecule has 1 aliphatic rings. The van der Waals surface area contributed by atoms with Crippen LogP contribution in [-0.4, -0.2) is 27.3 Å². The standard InChI is InChI=1S/C14H16N4O2/c15-14(19)11-7-10(8-16-9-11)12-4-5-17-18(12)13-3-1-2-6-20-13/h4-5,7-9,13H,1-3,6H2,(H2,15,19). The van der Waals surface area contributed by atoms with Crippen molar-refractivity contribution in [3.8, 4) is 11.3 Å². The number of amides is 1. The maximum atomic E-state index is 11.2. The maximum Gasteiger partial charge on any atom is 0.250 e. The van der Waals surface area contributed by atoms with E-state index < -0.39 is 5.91 Å². The van der Waals surface area contributed by atoms with Crippen LogP contribution in [0.15, 0.2) is 30.7 Å². The quantitative estimate of drug-likeness (QED) is 0.922. The maximum absolute atomic E-state index is 11.2. The predicted octanol–water partition coefficient (Wildman–Crippen LogP) is 1.74. The largest absolute Gasteiger partial charge is 0.366 e. The second-order valence-corrected chi connectivity index (χ2v) is 4.81. The van der Waals surface area contributed by atoms with Gasteiger partial charge in [-0.2, -0.15) is 5.10 Å². The number of rotatable bonds is 3. The third-order valence-electron chi connectivity index (χ3n) is 3.42. The van der Waals surface area contributed by atoms with Crippen molar-refractivity contribution < 1.29 is 9.53 Å². The van der Waals surface area contributed by atoms with Crippen LogP contribution in [0.3, 0.4) is 0 Å². The molecule has 0 bridgehead atoms. The lowest BCUT2D eigenvalue weighted by Gasteiger charge is -2.24. The molecule has 2 aromatic rings. The lowest BCUT2D eigenvalue weighted by atomic mass is 10.1. The first-order valence-corrected chi connectivity index (χ1v) is 6.66. The molecule has 0 aliphatic carbocycles. The minimum Gasteiger partial charge on any atom is -0.366 e. The zero-order chi connectivity index (χ0) is 13.9. The van der Waals surface area contributed by atoms with Crippen LogP contribution < -0.4 is 5.73 Å². The third-order valence-corrected chi connectivity index (χ3v) is 3.42. The van der Waals surface area contributed by atoms with Gasteiger partial charge in [0, 0.05) is 30.8 Å². The topological polar surface area (TPSA) is 83.0 Å². The van der Waals surface area contributed by atoms with E-state index in [9.17, 15) is 4.79 Å². The van der Waals surface area contributed by atoms with Crippen molar-refractivity contribution in [2.24, 2.45) is 5.73 Å². The van der Waals surface area contributed by atoms with Gasteiger partial charge in [-0.1, -0.05) is 0 Å². The SMILES string of the molecule is NC(=O)c1cncc(-c2ccnn2C2CCCCO2)c1. The van der Waals surface area contributed by atoms with Gasteiger partial charge in [0.15, 0.2) is 6.23 Å². The lowest BCUT2D eigenvalue weighted by Crippen LogP contribution is -2.20. The molecule has 2 aromatic heterocycles. The number of carbonyl (C=O) groups excluding carboxylic acids is 1. The van der Waals surface area contributed by atoms with E-state index >= 15 is 0 Å². The zero-order valence-corrected chi connectivity index (χ0v) is 11.0. The second kappa shape index (κ2) is 5.42. The van der Waals surface area contributed by atoms with Crippen LogP contribution in [0.5, 0.6) is 0 Å². The number of nitrogens with two attached hydrogens (primary N) is 1. The molecule has 104 valence electrons. The van der Waals surface area contributed by atoms with Crippen molar-refractivity contribution in [1.29, 1.82) is 0 Å². The number of aromatic nitrogens is 3. The summed E-state index contributed by atoms with van der Waals surface area (Å²) in [7, 11) is 0. The fourth-order valence-corrected chi connectivity index (χ4v) is 2.40. The molecular weight excluding hydrogens is 256 g/mol. The number of nitrogens with zero attached hydrogens (tertiary/aromatic N) is 3. The molecule has 1 unspecified atom stereocenters. The Morgan fingerprint density at radius 3 is 3.05 bits per heavy atom. The van der Waals surface area contributed by atoms with Crippen molar-refractivity contribution in [1.82, 2.24) is 14.8 Å². The van der Waals surface area contributed by atoms with E-state index in [4.69, 9.17) is 10.5 Å². The molecule has 1 aliphatic heterocycles. The number of ether oxygens (including phenoxy) is 1. The number of pyridine rings is 1. The molecule has 2 N–H and O–H groups in total. The monoisotopic (exact) mass is 272 g/mol. The summed E-state index contributed by atoms with van der Waals surface area (Å²) in [5, 5.41) is 4.34. The van der Waals surface area contributed by atoms with E-state index in [-0.39, 0.29) is 6.23 Å². The van der Waals surface area contributed by atoms with Gasteiger partial charge in [0.25, 0.3) is 0 Å². The first kappa shape index (κ1) is 12.8. The summed E-state index contributed by atoms with van der Waals surface area (Å²) < 4.78 is 7.60. The van der Waals surface area contributed by atoms with Crippen molar-refractivity contribution in [3.05, 3.63) is 36.3 Å². The Hall–Kier alpha value is -2.21. The molecule has 1 fully saturated rings. The van der Waals surface area contributed by atoms with Crippen LogP contribution in [0.1, 0.15) is 35.8 Å². The minimum atomic E-state index is -0.487. The molecule has 1 amide bonds. The summed E-state index contributed by atoms with van der Waals surface area (Å²) in [6.45, 7) is 0.754. The Balaban J connectivity index is 1.96. The van der Waals surface area contributed by atoms with Crippen LogP contribution in [0.4, 0.5) is 0 Å². The Bertz CT molecular complexity index is 617. The number of hydrogen-bond donors (Lipinski definition) is 1. The van der Waals surface area contributed by atoms with Crippen LogP contribution in [0.25, 0.3) is 11.3 Å². The molecule has 20 heavy (non-hydrogen) atoms. The van der Waals surface area contributed by atoms with Crippen molar-refractivity contribution in [2.45, 2.75) is 25.5 Å². The Morgan fingerprint density at radius 1 is 1.40 bits per heavy atom. The zero-order valence-electron chi connectivity index (χ0n) is 11.0. The number of hydrogen-bond acceptors (Lipinski definition) is 4. The molecule has 3 heterocycles. The smallest absolute Gasteiger partial charge is 0.250 e. The van der Waals surface area contributed by atoms with E-state index in [1.807, 2.05) is 10.7 Å². The van der Waals surface area contributed by atoms with Crippen LogP contribution in [0, 0.1) is 0 Å². The van der Waals surface area contributed by atoms with Gasteiger partial charge in [-0.15, -0.1) is 0 Å². The molecule has 6 nitrogen and oxygen atoms in total. The molecule has 0 spiro atoms. The van der Waals surface area contributed by atoms with Gasteiger partial charge in [0.1, 0.15) is 0 Å². The summed E-state index contributed by atoms with van der Waals surface area (Å²) in [6.07, 6.45) is 8.00. The number of primary amides is 1. The average molecular weight is 272 g/mol. The first-order chi connectivity index (χ1) is 9.75. The minimum absolute atomic E-state index is 0.0500. The molecule has 1 saturated heterocycles. The highest BCUT2D eigenvalue weighted by atomic mass is 16.5. The van der Waals surface area contributed by atoms with Crippen LogP contribution in [-0.2, 0) is 4.74 Å². The Morgan fingerprint density at radius 2 is 2.30 bits per heavy atom. The highest BCUT2D eigenvalue weighted by Gasteiger charge is 2.19. The molecule has 6 heteroatoms. The lowest BCUT2D eigenvalue weighted by molar-refractivity contribution is -0.0383. The van der Waals surface area contributed by atoms with Gasteiger partial charge in [0.05, 0.1) is 11.3 Å². The summed E-state index contributed by atoms with van der Waals surface area (Å²) in [4.78, 5) is 15.3. The highest BCUT2D eigenvalue weighted by Crippen LogP contribution is 2.28. The van der Waals surface area contributed by atoms with E-state index in [0.717, 1.165) is 37.1 Å².